The number of amides is 1. The molecule has 6 nitrogen and oxygen atoms in total. The van der Waals surface area contributed by atoms with Crippen LogP contribution in [-0.2, 0) is 16.0 Å². The molecule has 1 unspecified atom stereocenters. The lowest BCUT2D eigenvalue weighted by Crippen LogP contribution is -2.29. The fourth-order valence-corrected chi connectivity index (χ4v) is 4.35. The minimum absolute atomic E-state index is 0.0533. The maximum atomic E-state index is 13.2. The van der Waals surface area contributed by atoms with Gasteiger partial charge < -0.3 is 14.9 Å². The zero-order chi connectivity index (χ0) is 24.6. The molecule has 3 aromatic rings. The van der Waals surface area contributed by atoms with Gasteiger partial charge in [-0.2, -0.15) is 0 Å². The summed E-state index contributed by atoms with van der Waals surface area (Å²) in [6, 6.07) is 15.2. The number of aliphatic hydroxyl groups excluding tert-OH is 1. The molecule has 1 heterocycles. The zero-order valence-corrected chi connectivity index (χ0v) is 19.9. The number of phenols is 1. The first-order valence-corrected chi connectivity index (χ1v) is 11.2. The highest BCUT2D eigenvalue weighted by molar-refractivity contribution is 6.51. The molecule has 0 aliphatic carbocycles. The third-order valence-electron chi connectivity index (χ3n) is 5.78. The number of aryl methyl sites for hydroxylation is 1. The van der Waals surface area contributed by atoms with Crippen molar-refractivity contribution in [3.63, 3.8) is 0 Å². The highest BCUT2D eigenvalue weighted by Gasteiger charge is 2.47. The Labute approximate surface area is 206 Å². The first-order valence-electron chi connectivity index (χ1n) is 10.5. The topological polar surface area (TPSA) is 87.1 Å². The predicted molar refractivity (Wildman–Crippen MR) is 132 cm³/mol. The van der Waals surface area contributed by atoms with Crippen LogP contribution in [0.25, 0.3) is 5.76 Å². The van der Waals surface area contributed by atoms with E-state index in [1.807, 2.05) is 19.1 Å². The lowest BCUT2D eigenvalue weighted by molar-refractivity contribution is -0.132. The molecular formula is C26H21Cl2NO5. The number of benzene rings is 3. The van der Waals surface area contributed by atoms with Crippen LogP contribution in [0.1, 0.15) is 29.7 Å². The van der Waals surface area contributed by atoms with Crippen LogP contribution >= 0.6 is 23.2 Å². The second kappa shape index (κ2) is 9.41. The number of methoxy groups -OCH3 is 1. The standard InChI is InChI=1S/C26H21Cl2NO5/c1-3-14-4-8-17(9-5-14)29-23(15-7-11-20(30)19(28)12-15)22(25(32)26(29)33)24(31)16-6-10-18(27)21(13-16)34-2/h4-13,23,30-31H,3H2,1-2H3/b24-22-. The van der Waals surface area contributed by atoms with Gasteiger partial charge in [0.25, 0.3) is 11.7 Å². The lowest BCUT2D eigenvalue weighted by atomic mass is 9.95. The maximum Gasteiger partial charge on any atom is 0.300 e. The third kappa shape index (κ3) is 4.11. The molecule has 2 N–H and O–H groups in total. The normalized spacial score (nSPS) is 17.3. The summed E-state index contributed by atoms with van der Waals surface area (Å²) in [5, 5.41) is 21.5. The van der Waals surface area contributed by atoms with E-state index in [1.54, 1.807) is 18.2 Å². The molecule has 174 valence electrons. The number of aromatic hydroxyl groups is 1. The first-order chi connectivity index (χ1) is 16.3. The molecule has 4 rings (SSSR count). The Morgan fingerprint density at radius 1 is 1.00 bits per heavy atom. The number of hydrogen-bond acceptors (Lipinski definition) is 5. The number of phenolic OH excluding ortho intramolecular Hbond substituents is 1. The summed E-state index contributed by atoms with van der Waals surface area (Å²) in [6.07, 6.45) is 0.814. The fraction of sp³-hybridized carbons (Fsp3) is 0.154. The van der Waals surface area contributed by atoms with E-state index in [0.29, 0.717) is 22.0 Å². The van der Waals surface area contributed by atoms with Gasteiger partial charge in [0.1, 0.15) is 17.3 Å². The van der Waals surface area contributed by atoms with Crippen molar-refractivity contribution in [2.75, 3.05) is 12.0 Å². The van der Waals surface area contributed by atoms with E-state index >= 15 is 0 Å². The molecule has 1 aliphatic rings. The van der Waals surface area contributed by atoms with Gasteiger partial charge in [0, 0.05) is 11.3 Å². The molecule has 0 spiro atoms. The highest BCUT2D eigenvalue weighted by atomic mass is 35.5. The number of ether oxygens (including phenoxy) is 1. The Kier molecular flexibility index (Phi) is 6.55. The van der Waals surface area contributed by atoms with E-state index in [1.165, 1.54) is 42.3 Å². The summed E-state index contributed by atoms with van der Waals surface area (Å²) in [5.74, 6) is -1.85. The molecule has 1 atom stereocenters. The Balaban J connectivity index is 1.95. The van der Waals surface area contributed by atoms with E-state index in [9.17, 15) is 19.8 Å². The number of carbonyl (C=O) groups excluding carboxylic acids is 2. The molecular weight excluding hydrogens is 477 g/mol. The minimum atomic E-state index is -0.979. The van der Waals surface area contributed by atoms with Gasteiger partial charge in [-0.15, -0.1) is 0 Å². The van der Waals surface area contributed by atoms with Gasteiger partial charge >= 0.3 is 0 Å². The van der Waals surface area contributed by atoms with Crippen molar-refractivity contribution in [3.05, 3.63) is 93.0 Å². The van der Waals surface area contributed by atoms with E-state index < -0.39 is 17.7 Å². The highest BCUT2D eigenvalue weighted by Crippen LogP contribution is 2.44. The van der Waals surface area contributed by atoms with Crippen LogP contribution in [-0.4, -0.2) is 29.0 Å². The molecule has 1 fully saturated rings. The third-order valence-corrected chi connectivity index (χ3v) is 6.39. The number of aliphatic hydroxyl groups is 1. The summed E-state index contributed by atoms with van der Waals surface area (Å²) >= 11 is 12.3. The van der Waals surface area contributed by atoms with E-state index in [4.69, 9.17) is 27.9 Å². The summed E-state index contributed by atoms with van der Waals surface area (Å²) < 4.78 is 5.23. The monoisotopic (exact) mass is 497 g/mol. The summed E-state index contributed by atoms with van der Waals surface area (Å²) in [7, 11) is 1.43. The molecule has 1 amide bonds. The van der Waals surface area contributed by atoms with Crippen LogP contribution in [0.2, 0.25) is 10.0 Å². The van der Waals surface area contributed by atoms with Crippen molar-refractivity contribution >= 4 is 46.3 Å². The fourth-order valence-electron chi connectivity index (χ4n) is 3.96. The Bertz CT molecular complexity index is 1320. The van der Waals surface area contributed by atoms with Gasteiger partial charge in [0.2, 0.25) is 0 Å². The number of carbonyl (C=O) groups is 2. The van der Waals surface area contributed by atoms with Gasteiger partial charge in [-0.3, -0.25) is 14.5 Å². The van der Waals surface area contributed by atoms with E-state index in [2.05, 4.69) is 0 Å². The Morgan fingerprint density at radius 2 is 1.71 bits per heavy atom. The number of anilines is 1. The van der Waals surface area contributed by atoms with Crippen LogP contribution < -0.4 is 9.64 Å². The Morgan fingerprint density at radius 3 is 2.32 bits per heavy atom. The maximum absolute atomic E-state index is 13.2. The SMILES string of the molecule is CCc1ccc(N2C(=O)C(=O)/C(=C(\O)c3ccc(Cl)c(OC)c3)C2c2ccc(O)c(Cl)c2)cc1. The largest absolute Gasteiger partial charge is 0.507 e. The molecule has 1 saturated heterocycles. The number of ketones is 1. The minimum Gasteiger partial charge on any atom is -0.507 e. The molecule has 0 bridgehead atoms. The lowest BCUT2D eigenvalue weighted by Gasteiger charge is -2.26. The van der Waals surface area contributed by atoms with Crippen molar-refractivity contribution in [3.8, 4) is 11.5 Å². The number of hydrogen-bond donors (Lipinski definition) is 2. The summed E-state index contributed by atoms with van der Waals surface area (Å²) in [6.45, 7) is 2.01. The average molecular weight is 498 g/mol. The van der Waals surface area contributed by atoms with Gasteiger partial charge in [0.05, 0.1) is 28.8 Å². The van der Waals surface area contributed by atoms with Crippen molar-refractivity contribution in [1.29, 1.82) is 0 Å². The molecule has 1 aliphatic heterocycles. The Hall–Kier alpha value is -3.48. The molecule has 3 aromatic carbocycles. The van der Waals surface area contributed by atoms with Gasteiger partial charge in [0.15, 0.2) is 0 Å². The second-order valence-corrected chi connectivity index (χ2v) is 8.56. The molecule has 8 heteroatoms. The molecule has 0 aromatic heterocycles. The van der Waals surface area contributed by atoms with Gasteiger partial charge in [-0.05, 0) is 60.0 Å². The number of nitrogens with zero attached hydrogens (tertiary/aromatic N) is 1. The van der Waals surface area contributed by atoms with Crippen molar-refractivity contribution < 1.29 is 24.5 Å². The van der Waals surface area contributed by atoms with Gasteiger partial charge in [-0.1, -0.05) is 48.3 Å². The molecule has 0 radical (unpaired) electrons. The van der Waals surface area contributed by atoms with Crippen LogP contribution in [0.4, 0.5) is 5.69 Å². The quantitative estimate of drug-likeness (QED) is 0.260. The van der Waals surface area contributed by atoms with E-state index in [0.717, 1.165) is 12.0 Å². The van der Waals surface area contributed by atoms with Crippen LogP contribution in [0, 0.1) is 0 Å². The molecule has 34 heavy (non-hydrogen) atoms. The number of halogens is 2. The van der Waals surface area contributed by atoms with Crippen LogP contribution in [0.15, 0.2) is 66.2 Å². The second-order valence-electron chi connectivity index (χ2n) is 7.75. The summed E-state index contributed by atoms with van der Waals surface area (Å²) in [4.78, 5) is 27.8. The van der Waals surface area contributed by atoms with Crippen LogP contribution in [0.5, 0.6) is 11.5 Å². The zero-order valence-electron chi connectivity index (χ0n) is 18.4. The van der Waals surface area contributed by atoms with Crippen LogP contribution in [0.3, 0.4) is 0 Å². The van der Waals surface area contributed by atoms with Crippen molar-refractivity contribution in [2.45, 2.75) is 19.4 Å². The van der Waals surface area contributed by atoms with Gasteiger partial charge in [-0.25, -0.2) is 0 Å². The summed E-state index contributed by atoms with van der Waals surface area (Å²) in [5.41, 5.74) is 2.15. The number of rotatable bonds is 5. The average Bonchev–Trinajstić information content (AvgIpc) is 3.11. The van der Waals surface area contributed by atoms with Crippen molar-refractivity contribution in [2.24, 2.45) is 0 Å². The smallest absolute Gasteiger partial charge is 0.300 e. The molecule has 0 saturated carbocycles. The number of Topliss-reactive ketones (excluding diaryl/α,β-unsaturated/α-hetero) is 1. The first kappa shape index (κ1) is 23.7. The predicted octanol–water partition coefficient (Wildman–Crippen LogP) is 5.90. The van der Waals surface area contributed by atoms with Crippen molar-refractivity contribution in [1.82, 2.24) is 0 Å². The van der Waals surface area contributed by atoms with E-state index in [-0.39, 0.29) is 27.7 Å².